The largest absolute Gasteiger partial charge is 0.352 e. The van der Waals surface area contributed by atoms with Crippen molar-refractivity contribution in [3.05, 3.63) is 59.7 Å². The fourth-order valence-corrected chi connectivity index (χ4v) is 4.88. The van der Waals surface area contributed by atoms with Gasteiger partial charge < -0.3 is 10.2 Å². The van der Waals surface area contributed by atoms with Crippen molar-refractivity contribution in [3.8, 4) is 0 Å². The standard InChI is InChI=1S/C23H31N3O3S/c1-18-7-9-22(10-8-18)30(28,29)26(3)21-6-4-5-20(17-21)23(27)24-14-11-19-12-15-25(2)16-13-19/h4-10,17,19H,11-16H2,1-3H3,(H,24,27). The fourth-order valence-electron chi connectivity index (χ4n) is 3.69. The van der Waals surface area contributed by atoms with Crippen LogP contribution in [0.5, 0.6) is 0 Å². The average Bonchev–Trinajstić information content (AvgIpc) is 2.75. The molecule has 1 aliphatic heterocycles. The summed E-state index contributed by atoms with van der Waals surface area (Å²) in [5.74, 6) is 0.476. The molecule has 2 aromatic carbocycles. The fraction of sp³-hybridized carbons (Fsp3) is 0.435. The second kappa shape index (κ2) is 9.62. The zero-order valence-corrected chi connectivity index (χ0v) is 18.8. The van der Waals surface area contributed by atoms with Crippen LogP contribution in [0.4, 0.5) is 5.69 Å². The Morgan fingerprint density at radius 1 is 1.13 bits per heavy atom. The van der Waals surface area contributed by atoms with E-state index in [1.165, 1.54) is 24.2 Å². The number of rotatable bonds is 7. The minimum Gasteiger partial charge on any atom is -0.352 e. The minimum absolute atomic E-state index is 0.175. The van der Waals surface area contributed by atoms with Gasteiger partial charge >= 0.3 is 0 Å². The summed E-state index contributed by atoms with van der Waals surface area (Å²) in [4.78, 5) is 15.1. The van der Waals surface area contributed by atoms with Crippen LogP contribution in [0, 0.1) is 12.8 Å². The Balaban J connectivity index is 1.63. The zero-order chi connectivity index (χ0) is 21.7. The number of carbonyl (C=O) groups is 1. The summed E-state index contributed by atoms with van der Waals surface area (Å²) in [7, 11) is -0.0434. The van der Waals surface area contributed by atoms with E-state index >= 15 is 0 Å². The van der Waals surface area contributed by atoms with Gasteiger partial charge in [-0.25, -0.2) is 8.42 Å². The predicted molar refractivity (Wildman–Crippen MR) is 120 cm³/mol. The maximum Gasteiger partial charge on any atom is 0.264 e. The lowest BCUT2D eigenvalue weighted by Gasteiger charge is -2.28. The van der Waals surface area contributed by atoms with Gasteiger partial charge in [0, 0.05) is 19.2 Å². The zero-order valence-electron chi connectivity index (χ0n) is 18.0. The van der Waals surface area contributed by atoms with Crippen molar-refractivity contribution in [1.82, 2.24) is 10.2 Å². The predicted octanol–water partition coefficient (Wildman–Crippen LogP) is 3.28. The molecular weight excluding hydrogens is 398 g/mol. The van der Waals surface area contributed by atoms with Crippen LogP contribution < -0.4 is 9.62 Å². The van der Waals surface area contributed by atoms with Crippen LogP contribution >= 0.6 is 0 Å². The summed E-state index contributed by atoms with van der Waals surface area (Å²) in [5, 5.41) is 2.98. The van der Waals surface area contributed by atoms with Gasteiger partial charge in [0.2, 0.25) is 0 Å². The number of amides is 1. The van der Waals surface area contributed by atoms with Gasteiger partial charge in [-0.1, -0.05) is 23.8 Å². The van der Waals surface area contributed by atoms with Crippen molar-refractivity contribution < 1.29 is 13.2 Å². The van der Waals surface area contributed by atoms with Crippen molar-refractivity contribution in [2.45, 2.75) is 31.1 Å². The number of nitrogens with one attached hydrogen (secondary N) is 1. The number of nitrogens with zero attached hydrogens (tertiary/aromatic N) is 2. The van der Waals surface area contributed by atoms with Gasteiger partial charge in [-0.05, 0) is 82.6 Å². The van der Waals surface area contributed by atoms with Crippen molar-refractivity contribution >= 4 is 21.6 Å². The third-order valence-corrected chi connectivity index (χ3v) is 7.63. The van der Waals surface area contributed by atoms with Crippen LogP contribution in [-0.2, 0) is 10.0 Å². The Labute approximate surface area is 179 Å². The molecule has 1 N–H and O–H groups in total. The Kier molecular flexibility index (Phi) is 7.15. The molecule has 1 fully saturated rings. The molecule has 1 amide bonds. The van der Waals surface area contributed by atoms with E-state index in [2.05, 4.69) is 17.3 Å². The number of hydrogen-bond acceptors (Lipinski definition) is 4. The highest BCUT2D eigenvalue weighted by Gasteiger charge is 2.22. The van der Waals surface area contributed by atoms with Crippen LogP contribution in [0.25, 0.3) is 0 Å². The Morgan fingerprint density at radius 2 is 1.80 bits per heavy atom. The number of aryl methyl sites for hydroxylation is 1. The van der Waals surface area contributed by atoms with Crippen LogP contribution in [0.1, 0.15) is 35.2 Å². The normalized spacial score (nSPS) is 15.7. The quantitative estimate of drug-likeness (QED) is 0.733. The number of likely N-dealkylation sites (tertiary alicyclic amines) is 1. The van der Waals surface area contributed by atoms with E-state index in [4.69, 9.17) is 0 Å². The van der Waals surface area contributed by atoms with Crippen molar-refractivity contribution in [2.75, 3.05) is 38.0 Å². The van der Waals surface area contributed by atoms with E-state index in [1.54, 1.807) is 48.5 Å². The third kappa shape index (κ3) is 5.40. The molecule has 2 aromatic rings. The molecule has 0 radical (unpaired) electrons. The molecule has 1 aliphatic rings. The van der Waals surface area contributed by atoms with Gasteiger partial charge in [-0.3, -0.25) is 9.10 Å². The van der Waals surface area contributed by atoms with E-state index in [9.17, 15) is 13.2 Å². The molecule has 1 saturated heterocycles. The maximum atomic E-state index is 12.9. The highest BCUT2D eigenvalue weighted by atomic mass is 32.2. The molecule has 30 heavy (non-hydrogen) atoms. The molecule has 162 valence electrons. The van der Waals surface area contributed by atoms with Gasteiger partial charge in [0.25, 0.3) is 15.9 Å². The lowest BCUT2D eigenvalue weighted by molar-refractivity contribution is 0.0949. The van der Waals surface area contributed by atoms with E-state index in [1.807, 2.05) is 6.92 Å². The van der Waals surface area contributed by atoms with E-state index < -0.39 is 10.0 Å². The third-order valence-electron chi connectivity index (χ3n) is 5.83. The molecule has 3 rings (SSSR count). The molecule has 7 heteroatoms. The van der Waals surface area contributed by atoms with Crippen molar-refractivity contribution in [2.24, 2.45) is 5.92 Å². The molecule has 0 aromatic heterocycles. The first-order chi connectivity index (χ1) is 14.3. The van der Waals surface area contributed by atoms with Gasteiger partial charge in [-0.15, -0.1) is 0 Å². The van der Waals surface area contributed by atoms with Crippen molar-refractivity contribution in [1.29, 1.82) is 0 Å². The number of piperidine rings is 1. The number of anilines is 1. The average molecular weight is 430 g/mol. The van der Waals surface area contributed by atoms with Gasteiger partial charge in [0.05, 0.1) is 10.6 Å². The molecular formula is C23H31N3O3S. The van der Waals surface area contributed by atoms with Gasteiger partial charge in [-0.2, -0.15) is 0 Å². The Bertz CT molecular complexity index is 965. The smallest absolute Gasteiger partial charge is 0.264 e. The topological polar surface area (TPSA) is 69.7 Å². The first-order valence-electron chi connectivity index (χ1n) is 10.4. The number of carbonyl (C=O) groups excluding carboxylic acids is 1. The van der Waals surface area contributed by atoms with Crippen LogP contribution in [0.3, 0.4) is 0 Å². The Morgan fingerprint density at radius 3 is 2.47 bits per heavy atom. The molecule has 0 unspecified atom stereocenters. The second-order valence-electron chi connectivity index (χ2n) is 8.13. The number of sulfonamides is 1. The molecule has 0 atom stereocenters. The SMILES string of the molecule is Cc1ccc(S(=O)(=O)N(C)c2cccc(C(=O)NCCC3CCN(C)CC3)c2)cc1. The van der Waals surface area contributed by atoms with Crippen LogP contribution in [-0.4, -0.2) is 53.0 Å². The van der Waals surface area contributed by atoms with E-state index in [-0.39, 0.29) is 10.8 Å². The molecule has 0 bridgehead atoms. The highest BCUT2D eigenvalue weighted by Crippen LogP contribution is 2.23. The first kappa shape index (κ1) is 22.3. The summed E-state index contributed by atoms with van der Waals surface area (Å²) in [6.07, 6.45) is 3.31. The lowest BCUT2D eigenvalue weighted by atomic mass is 9.94. The van der Waals surface area contributed by atoms with Gasteiger partial charge in [0.1, 0.15) is 0 Å². The Hall–Kier alpha value is -2.38. The highest BCUT2D eigenvalue weighted by molar-refractivity contribution is 7.92. The van der Waals surface area contributed by atoms with Crippen LogP contribution in [0.15, 0.2) is 53.4 Å². The second-order valence-corrected chi connectivity index (χ2v) is 10.1. The van der Waals surface area contributed by atoms with Crippen LogP contribution in [0.2, 0.25) is 0 Å². The maximum absolute atomic E-state index is 12.9. The minimum atomic E-state index is -3.69. The molecule has 0 spiro atoms. The van der Waals surface area contributed by atoms with E-state index in [0.717, 1.165) is 25.1 Å². The van der Waals surface area contributed by atoms with E-state index in [0.29, 0.717) is 23.7 Å². The number of hydrogen-bond donors (Lipinski definition) is 1. The summed E-state index contributed by atoms with van der Waals surface area (Å²) in [5.41, 5.74) is 1.91. The van der Waals surface area contributed by atoms with Gasteiger partial charge in [0.15, 0.2) is 0 Å². The molecule has 1 heterocycles. The summed E-state index contributed by atoms with van der Waals surface area (Å²) in [6, 6.07) is 13.5. The summed E-state index contributed by atoms with van der Waals surface area (Å²) in [6.45, 7) is 4.77. The molecule has 0 saturated carbocycles. The number of benzene rings is 2. The first-order valence-corrected chi connectivity index (χ1v) is 11.8. The molecule has 0 aliphatic carbocycles. The molecule has 6 nitrogen and oxygen atoms in total. The summed E-state index contributed by atoms with van der Waals surface area (Å²) < 4.78 is 27.0. The summed E-state index contributed by atoms with van der Waals surface area (Å²) >= 11 is 0. The van der Waals surface area contributed by atoms with Crippen molar-refractivity contribution in [3.63, 3.8) is 0 Å². The monoisotopic (exact) mass is 429 g/mol. The lowest BCUT2D eigenvalue weighted by Crippen LogP contribution is -2.32.